The molecule has 4 nitrogen and oxygen atoms in total. The molecule has 0 aliphatic rings. The van der Waals surface area contributed by atoms with Crippen LogP contribution in [-0.4, -0.2) is 34.4 Å². The molecule has 20 heavy (non-hydrogen) atoms. The zero-order valence-electron chi connectivity index (χ0n) is 11.8. The van der Waals surface area contributed by atoms with E-state index in [4.69, 9.17) is 0 Å². The highest BCUT2D eigenvalue weighted by molar-refractivity contribution is 7.20. The Morgan fingerprint density at radius 3 is 2.45 bits per heavy atom. The van der Waals surface area contributed by atoms with Crippen molar-refractivity contribution in [2.24, 2.45) is 0 Å². The Labute approximate surface area is 119 Å². The maximum atomic E-state index is 12.2. The van der Waals surface area contributed by atoms with Crippen LogP contribution in [-0.2, 0) is 5.41 Å². The van der Waals surface area contributed by atoms with Crippen LogP contribution in [0.4, 0.5) is 18.3 Å². The second kappa shape index (κ2) is 4.91. The summed E-state index contributed by atoms with van der Waals surface area (Å²) in [5.74, 6) is 0. The number of aromatic nitrogens is 3. The van der Waals surface area contributed by atoms with Crippen molar-refractivity contribution in [1.29, 1.82) is 0 Å². The fourth-order valence-electron chi connectivity index (χ4n) is 1.60. The van der Waals surface area contributed by atoms with Gasteiger partial charge in [0.15, 0.2) is 0 Å². The van der Waals surface area contributed by atoms with Gasteiger partial charge in [0.05, 0.1) is 18.3 Å². The van der Waals surface area contributed by atoms with E-state index in [0.29, 0.717) is 10.1 Å². The molecule has 2 aromatic rings. The van der Waals surface area contributed by atoms with Gasteiger partial charge >= 0.3 is 6.18 Å². The first-order valence-electron chi connectivity index (χ1n) is 6.21. The quantitative estimate of drug-likeness (QED) is 0.870. The van der Waals surface area contributed by atoms with Gasteiger partial charge in [-0.15, -0.1) is 5.10 Å². The van der Waals surface area contributed by atoms with Gasteiger partial charge in [0, 0.05) is 19.0 Å². The summed E-state index contributed by atoms with van der Waals surface area (Å²) in [5.41, 5.74) is 0.844. The van der Waals surface area contributed by atoms with E-state index in [0.717, 1.165) is 5.69 Å². The lowest BCUT2D eigenvalue weighted by Gasteiger charge is -2.16. The summed E-state index contributed by atoms with van der Waals surface area (Å²) in [6.45, 7) is 6.05. The SMILES string of the molecule is CN(CCC(F)(F)F)c1nn2cc(C(C)(C)C)nc2s1. The van der Waals surface area contributed by atoms with Gasteiger partial charge in [-0.25, -0.2) is 9.50 Å². The van der Waals surface area contributed by atoms with Crippen molar-refractivity contribution in [1.82, 2.24) is 14.6 Å². The molecule has 0 saturated heterocycles. The normalized spacial score (nSPS) is 13.2. The molecule has 112 valence electrons. The fourth-order valence-corrected chi connectivity index (χ4v) is 2.47. The second-order valence-corrected chi connectivity index (χ2v) is 6.71. The van der Waals surface area contributed by atoms with Crippen LogP contribution >= 0.6 is 11.3 Å². The molecule has 2 rings (SSSR count). The average molecular weight is 306 g/mol. The van der Waals surface area contributed by atoms with Crippen molar-refractivity contribution >= 4 is 21.4 Å². The largest absolute Gasteiger partial charge is 0.390 e. The van der Waals surface area contributed by atoms with Gasteiger partial charge in [-0.3, -0.25) is 0 Å². The zero-order valence-corrected chi connectivity index (χ0v) is 12.6. The molecular weight excluding hydrogens is 289 g/mol. The molecule has 2 aromatic heterocycles. The molecule has 0 spiro atoms. The van der Waals surface area contributed by atoms with E-state index < -0.39 is 12.6 Å². The molecule has 0 atom stereocenters. The van der Waals surface area contributed by atoms with Crippen molar-refractivity contribution in [3.63, 3.8) is 0 Å². The van der Waals surface area contributed by atoms with Gasteiger partial charge in [-0.05, 0) is 0 Å². The lowest BCUT2D eigenvalue weighted by atomic mass is 9.93. The minimum atomic E-state index is -4.15. The van der Waals surface area contributed by atoms with Crippen LogP contribution in [0.5, 0.6) is 0 Å². The number of halogens is 3. The van der Waals surface area contributed by atoms with E-state index in [-0.39, 0.29) is 12.0 Å². The first-order chi connectivity index (χ1) is 9.06. The number of imidazole rings is 1. The van der Waals surface area contributed by atoms with Crippen molar-refractivity contribution in [2.45, 2.75) is 38.8 Å². The first-order valence-corrected chi connectivity index (χ1v) is 7.02. The predicted octanol–water partition coefficient (Wildman–Crippen LogP) is 3.48. The van der Waals surface area contributed by atoms with Crippen LogP contribution in [0.2, 0.25) is 0 Å². The smallest absolute Gasteiger partial charge is 0.349 e. The average Bonchev–Trinajstić information content (AvgIpc) is 2.80. The topological polar surface area (TPSA) is 33.4 Å². The highest BCUT2D eigenvalue weighted by Crippen LogP contribution is 2.28. The highest BCUT2D eigenvalue weighted by Gasteiger charge is 2.28. The number of anilines is 1. The molecule has 2 heterocycles. The molecule has 0 aliphatic heterocycles. The van der Waals surface area contributed by atoms with E-state index >= 15 is 0 Å². The molecule has 0 fully saturated rings. The Balaban J connectivity index is 2.14. The maximum absolute atomic E-state index is 12.2. The first kappa shape index (κ1) is 15.1. The summed E-state index contributed by atoms with van der Waals surface area (Å²) in [6, 6.07) is 0. The molecule has 0 N–H and O–H groups in total. The van der Waals surface area contributed by atoms with E-state index in [1.165, 1.54) is 16.2 Å². The van der Waals surface area contributed by atoms with Crippen molar-refractivity contribution in [3.8, 4) is 0 Å². The molecule has 8 heteroatoms. The highest BCUT2D eigenvalue weighted by atomic mass is 32.1. The maximum Gasteiger partial charge on any atom is 0.390 e. The summed E-state index contributed by atoms with van der Waals surface area (Å²) in [6.07, 6.45) is -3.17. The summed E-state index contributed by atoms with van der Waals surface area (Å²) in [7, 11) is 1.61. The van der Waals surface area contributed by atoms with Gasteiger partial charge in [0.1, 0.15) is 0 Å². The molecular formula is C12H17F3N4S. The van der Waals surface area contributed by atoms with Gasteiger partial charge in [0.2, 0.25) is 10.1 Å². The lowest BCUT2D eigenvalue weighted by molar-refractivity contribution is -0.132. The number of fused-ring (bicyclic) bond motifs is 1. The molecule has 0 amide bonds. The summed E-state index contributed by atoms with van der Waals surface area (Å²) in [5, 5.41) is 4.82. The van der Waals surface area contributed by atoms with Crippen LogP contribution in [0.15, 0.2) is 6.20 Å². The molecule has 0 unspecified atom stereocenters. The monoisotopic (exact) mass is 306 g/mol. The van der Waals surface area contributed by atoms with E-state index in [1.807, 2.05) is 6.20 Å². The third kappa shape index (κ3) is 3.41. The van der Waals surface area contributed by atoms with Gasteiger partial charge in [-0.2, -0.15) is 13.2 Å². The van der Waals surface area contributed by atoms with Crippen LogP contribution < -0.4 is 4.90 Å². The van der Waals surface area contributed by atoms with Gasteiger partial charge in [-0.1, -0.05) is 32.1 Å². The van der Waals surface area contributed by atoms with Crippen molar-refractivity contribution in [2.75, 3.05) is 18.5 Å². The Morgan fingerprint density at radius 2 is 1.95 bits per heavy atom. The molecule has 0 aliphatic carbocycles. The Bertz CT molecular complexity index is 562. The molecule has 0 saturated carbocycles. The Kier molecular flexibility index (Phi) is 3.70. The number of rotatable bonds is 3. The fraction of sp³-hybridized carbons (Fsp3) is 0.667. The Morgan fingerprint density at radius 1 is 1.30 bits per heavy atom. The number of hydrogen-bond donors (Lipinski definition) is 0. The van der Waals surface area contributed by atoms with E-state index in [1.54, 1.807) is 11.6 Å². The predicted molar refractivity (Wildman–Crippen MR) is 73.5 cm³/mol. The van der Waals surface area contributed by atoms with E-state index in [9.17, 15) is 13.2 Å². The standard InChI is InChI=1S/C12H17F3N4S/c1-11(2,3)8-7-19-9(16-8)20-10(17-19)18(4)6-5-12(13,14)15/h7H,5-6H2,1-4H3. The lowest BCUT2D eigenvalue weighted by Crippen LogP contribution is -2.24. The van der Waals surface area contributed by atoms with Crippen molar-refractivity contribution in [3.05, 3.63) is 11.9 Å². The minimum absolute atomic E-state index is 0.0736. The minimum Gasteiger partial charge on any atom is -0.349 e. The number of hydrogen-bond acceptors (Lipinski definition) is 4. The molecule has 0 bridgehead atoms. The van der Waals surface area contributed by atoms with Gasteiger partial charge in [0.25, 0.3) is 0 Å². The van der Waals surface area contributed by atoms with E-state index in [2.05, 4.69) is 30.9 Å². The summed E-state index contributed by atoms with van der Waals surface area (Å²) >= 11 is 1.29. The molecule has 0 radical (unpaired) electrons. The van der Waals surface area contributed by atoms with Crippen molar-refractivity contribution < 1.29 is 13.2 Å². The van der Waals surface area contributed by atoms with Gasteiger partial charge < -0.3 is 4.90 Å². The molecule has 0 aromatic carbocycles. The van der Waals surface area contributed by atoms with Crippen LogP contribution in [0.25, 0.3) is 4.96 Å². The third-order valence-electron chi connectivity index (χ3n) is 2.86. The summed E-state index contributed by atoms with van der Waals surface area (Å²) < 4.78 is 38.2. The van der Waals surface area contributed by atoms with Crippen LogP contribution in [0.1, 0.15) is 32.9 Å². The Hall–Kier alpha value is -1.31. The summed E-state index contributed by atoms with van der Waals surface area (Å²) in [4.78, 5) is 6.67. The second-order valence-electron chi connectivity index (χ2n) is 5.77. The van der Waals surface area contributed by atoms with Crippen LogP contribution in [0, 0.1) is 0 Å². The number of nitrogens with zero attached hydrogens (tertiary/aromatic N) is 4. The number of alkyl halides is 3. The van der Waals surface area contributed by atoms with Crippen LogP contribution in [0.3, 0.4) is 0 Å². The third-order valence-corrected chi connectivity index (χ3v) is 3.89. The zero-order chi connectivity index (χ0) is 15.1.